The Morgan fingerprint density at radius 3 is 2.65 bits per heavy atom. The number of aliphatic hydroxyl groups is 1. The number of rotatable bonds is 3. The number of carbonyl (C=O) groups is 2. The molecule has 0 saturated carbocycles. The molecule has 0 aliphatic carbocycles. The van der Waals surface area contributed by atoms with E-state index in [0.717, 1.165) is 17.7 Å². The van der Waals surface area contributed by atoms with Crippen LogP contribution in [0.15, 0.2) is 18.2 Å². The molecule has 3 amide bonds. The second-order valence-corrected chi connectivity index (χ2v) is 6.95. The Hall–Kier alpha value is -2.22. The van der Waals surface area contributed by atoms with Crippen molar-refractivity contribution in [3.8, 4) is 0 Å². The average Bonchev–Trinajstić information content (AvgIpc) is 3.21. The van der Waals surface area contributed by atoms with Crippen LogP contribution in [0.4, 0.5) is 19.3 Å². The summed E-state index contributed by atoms with van der Waals surface area (Å²) in [6.07, 6.45) is 1.32. The lowest BCUT2D eigenvalue weighted by Gasteiger charge is -2.24. The highest BCUT2D eigenvalue weighted by molar-refractivity contribution is 6.04. The number of amides is 3. The molecule has 6 nitrogen and oxygen atoms in total. The number of likely N-dealkylation sites (tertiary alicyclic amines) is 2. The lowest BCUT2D eigenvalue weighted by Crippen LogP contribution is -2.41. The Morgan fingerprint density at radius 2 is 2.00 bits per heavy atom. The van der Waals surface area contributed by atoms with Crippen LogP contribution in [-0.4, -0.2) is 65.1 Å². The van der Waals surface area contributed by atoms with Gasteiger partial charge in [0.05, 0.1) is 30.4 Å². The molecule has 2 saturated heterocycles. The zero-order valence-corrected chi connectivity index (χ0v) is 14.7. The second kappa shape index (κ2) is 7.19. The van der Waals surface area contributed by atoms with Crippen molar-refractivity contribution >= 4 is 17.6 Å². The summed E-state index contributed by atoms with van der Waals surface area (Å²) >= 11 is 0. The van der Waals surface area contributed by atoms with E-state index < -0.39 is 37.6 Å². The van der Waals surface area contributed by atoms with Gasteiger partial charge in [-0.1, -0.05) is 12.1 Å². The Labute approximate surface area is 150 Å². The molecule has 2 aliphatic heterocycles. The number of hydrogen-bond donors (Lipinski definition) is 2. The lowest BCUT2D eigenvalue weighted by molar-refractivity contribution is 0.0145. The van der Waals surface area contributed by atoms with Gasteiger partial charge in [0, 0.05) is 19.5 Å². The topological polar surface area (TPSA) is 72.9 Å². The smallest absolute Gasteiger partial charge is 0.322 e. The first-order valence-electron chi connectivity index (χ1n) is 8.77. The molecule has 0 spiro atoms. The number of urea groups is 1. The summed E-state index contributed by atoms with van der Waals surface area (Å²) < 4.78 is 27.2. The number of hydrogen-bond acceptors (Lipinski definition) is 3. The van der Waals surface area contributed by atoms with Crippen LogP contribution in [0.2, 0.25) is 0 Å². The number of nitrogens with zero attached hydrogens (tertiary/aromatic N) is 2. The number of halogens is 2. The van der Waals surface area contributed by atoms with Crippen molar-refractivity contribution in [2.75, 3.05) is 31.6 Å². The van der Waals surface area contributed by atoms with Crippen LogP contribution >= 0.6 is 0 Å². The van der Waals surface area contributed by atoms with Crippen molar-refractivity contribution in [1.29, 1.82) is 0 Å². The molecule has 0 aromatic heterocycles. The van der Waals surface area contributed by atoms with Crippen molar-refractivity contribution < 1.29 is 23.5 Å². The minimum Gasteiger partial charge on any atom is -0.394 e. The van der Waals surface area contributed by atoms with Crippen LogP contribution in [0.5, 0.6) is 0 Å². The van der Waals surface area contributed by atoms with Gasteiger partial charge in [0.25, 0.3) is 11.8 Å². The fourth-order valence-corrected chi connectivity index (χ4v) is 3.62. The van der Waals surface area contributed by atoms with E-state index >= 15 is 0 Å². The van der Waals surface area contributed by atoms with Crippen LogP contribution < -0.4 is 5.32 Å². The van der Waals surface area contributed by atoms with E-state index in [1.54, 1.807) is 30.0 Å². The molecule has 2 fully saturated rings. The van der Waals surface area contributed by atoms with Crippen LogP contribution in [0.3, 0.4) is 0 Å². The zero-order chi connectivity index (χ0) is 18.9. The van der Waals surface area contributed by atoms with Gasteiger partial charge in [-0.2, -0.15) is 0 Å². The molecule has 8 heteroatoms. The van der Waals surface area contributed by atoms with Gasteiger partial charge in [-0.15, -0.1) is 0 Å². The predicted octanol–water partition coefficient (Wildman–Crippen LogP) is 2.46. The van der Waals surface area contributed by atoms with Gasteiger partial charge in [-0.05, 0) is 31.4 Å². The maximum Gasteiger partial charge on any atom is 0.322 e. The SMILES string of the molecule is Cc1cccc(NC(=O)N2CC(F)(F)CC2CO)c1C(=O)N1CCCC1. The fraction of sp³-hybridized carbons (Fsp3) is 0.556. The Bertz CT molecular complexity index is 705. The summed E-state index contributed by atoms with van der Waals surface area (Å²) in [6.45, 7) is 1.85. The van der Waals surface area contributed by atoms with Gasteiger partial charge in [0.1, 0.15) is 0 Å². The number of aliphatic hydroxyl groups excluding tert-OH is 1. The number of alkyl halides is 2. The van der Waals surface area contributed by atoms with E-state index in [2.05, 4.69) is 5.32 Å². The molecule has 0 radical (unpaired) electrons. The van der Waals surface area contributed by atoms with Crippen LogP contribution in [0.1, 0.15) is 35.2 Å². The van der Waals surface area contributed by atoms with Crippen molar-refractivity contribution in [3.05, 3.63) is 29.3 Å². The van der Waals surface area contributed by atoms with Crippen LogP contribution in [-0.2, 0) is 0 Å². The minimum atomic E-state index is -3.02. The third kappa shape index (κ3) is 3.65. The van der Waals surface area contributed by atoms with Gasteiger partial charge < -0.3 is 20.2 Å². The van der Waals surface area contributed by atoms with Crippen molar-refractivity contribution in [1.82, 2.24) is 9.80 Å². The average molecular weight is 367 g/mol. The van der Waals surface area contributed by atoms with Gasteiger partial charge >= 0.3 is 6.03 Å². The molecule has 2 heterocycles. The summed E-state index contributed by atoms with van der Waals surface area (Å²) in [5.41, 5.74) is 1.40. The van der Waals surface area contributed by atoms with E-state index in [1.165, 1.54) is 0 Å². The molecule has 3 rings (SSSR count). The number of carbonyl (C=O) groups excluding carboxylic acids is 2. The molecule has 1 atom stereocenters. The highest BCUT2D eigenvalue weighted by Gasteiger charge is 2.46. The summed E-state index contributed by atoms with van der Waals surface area (Å²) in [4.78, 5) is 28.0. The quantitative estimate of drug-likeness (QED) is 0.862. The van der Waals surface area contributed by atoms with Gasteiger partial charge in [0.15, 0.2) is 0 Å². The van der Waals surface area contributed by atoms with Crippen molar-refractivity contribution in [2.24, 2.45) is 0 Å². The minimum absolute atomic E-state index is 0.165. The van der Waals surface area contributed by atoms with Crippen molar-refractivity contribution in [2.45, 2.75) is 38.2 Å². The van der Waals surface area contributed by atoms with Crippen LogP contribution in [0, 0.1) is 6.92 Å². The predicted molar refractivity (Wildman–Crippen MR) is 92.5 cm³/mol. The lowest BCUT2D eigenvalue weighted by atomic mass is 10.1. The maximum atomic E-state index is 13.6. The highest BCUT2D eigenvalue weighted by atomic mass is 19.3. The standard InChI is InChI=1S/C18H23F2N3O3/c1-12-5-4-6-14(15(12)16(25)22-7-2-3-8-22)21-17(26)23-11-18(19,20)9-13(23)10-24/h4-6,13,24H,2-3,7-11H2,1H3,(H,21,26). The second-order valence-electron chi connectivity index (χ2n) is 6.95. The van der Waals surface area contributed by atoms with Crippen molar-refractivity contribution in [3.63, 3.8) is 0 Å². The number of nitrogens with one attached hydrogen (secondary N) is 1. The maximum absolute atomic E-state index is 13.6. The van der Waals surface area contributed by atoms with E-state index in [4.69, 9.17) is 0 Å². The van der Waals surface area contributed by atoms with Gasteiger partial charge in [-0.3, -0.25) is 4.79 Å². The molecule has 1 aromatic carbocycles. The molecule has 2 aliphatic rings. The number of aryl methyl sites for hydroxylation is 1. The molecule has 1 aromatic rings. The molecular formula is C18H23F2N3O3. The van der Waals surface area contributed by atoms with Gasteiger partial charge in [0.2, 0.25) is 0 Å². The third-order valence-corrected chi connectivity index (χ3v) is 4.97. The monoisotopic (exact) mass is 367 g/mol. The molecule has 2 N–H and O–H groups in total. The normalized spacial score (nSPS) is 21.9. The first-order valence-corrected chi connectivity index (χ1v) is 8.77. The summed E-state index contributed by atoms with van der Waals surface area (Å²) in [5, 5.41) is 11.9. The molecule has 26 heavy (non-hydrogen) atoms. The Balaban J connectivity index is 1.82. The van der Waals surface area contributed by atoms with Gasteiger partial charge in [-0.25, -0.2) is 13.6 Å². The Kier molecular flexibility index (Phi) is 5.13. The highest BCUT2D eigenvalue weighted by Crippen LogP contribution is 2.32. The molecule has 142 valence electrons. The molecule has 1 unspecified atom stereocenters. The first-order chi connectivity index (χ1) is 12.3. The number of benzene rings is 1. The largest absolute Gasteiger partial charge is 0.394 e. The van der Waals surface area contributed by atoms with E-state index in [9.17, 15) is 23.5 Å². The number of anilines is 1. The Morgan fingerprint density at radius 1 is 1.31 bits per heavy atom. The van der Waals surface area contributed by atoms with Crippen LogP contribution in [0.25, 0.3) is 0 Å². The van der Waals surface area contributed by atoms with E-state index in [1.807, 2.05) is 0 Å². The molecular weight excluding hydrogens is 344 g/mol. The zero-order valence-electron chi connectivity index (χ0n) is 14.7. The summed E-state index contributed by atoms with van der Waals surface area (Å²) in [5.74, 6) is -3.19. The fourth-order valence-electron chi connectivity index (χ4n) is 3.62. The summed E-state index contributed by atoms with van der Waals surface area (Å²) in [7, 11) is 0. The first kappa shape index (κ1) is 18.6. The molecule has 0 bridgehead atoms. The third-order valence-electron chi connectivity index (χ3n) is 4.97. The van der Waals surface area contributed by atoms with E-state index in [0.29, 0.717) is 29.9 Å². The summed E-state index contributed by atoms with van der Waals surface area (Å²) in [6, 6.07) is 3.40. The van der Waals surface area contributed by atoms with E-state index in [-0.39, 0.29) is 5.91 Å².